The van der Waals surface area contributed by atoms with Crippen LogP contribution in [-0.4, -0.2) is 58.8 Å². The molecule has 0 heterocycles. The van der Waals surface area contributed by atoms with E-state index in [2.05, 4.69) is 45.1 Å². The molecule has 0 aliphatic carbocycles. The lowest BCUT2D eigenvalue weighted by atomic mass is 10.0. The zero-order valence-corrected chi connectivity index (χ0v) is 29.7. The van der Waals surface area contributed by atoms with Gasteiger partial charge in [0.2, 0.25) is 0 Å². The van der Waals surface area contributed by atoms with Crippen molar-refractivity contribution in [3.05, 3.63) is 36.5 Å². The van der Waals surface area contributed by atoms with Crippen molar-refractivity contribution in [3.8, 4) is 0 Å². The highest BCUT2D eigenvalue weighted by Gasteiger charge is 2.18. The van der Waals surface area contributed by atoms with Crippen LogP contribution in [0.4, 0.5) is 0 Å². The van der Waals surface area contributed by atoms with E-state index in [0.29, 0.717) is 19.3 Å². The smallest absolute Gasteiger partial charge is 0.306 e. The second kappa shape index (κ2) is 33.0. The number of carbonyl (C=O) groups excluding carboxylic acids is 2. The quantitative estimate of drug-likeness (QED) is 0.0378. The van der Waals surface area contributed by atoms with Gasteiger partial charge in [-0.1, -0.05) is 134 Å². The maximum absolute atomic E-state index is 12.1. The Kier molecular flexibility index (Phi) is 31.6. The Hall–Kier alpha value is -1.96. The second-order valence-electron chi connectivity index (χ2n) is 13.1. The molecule has 7 nitrogen and oxygen atoms in total. The number of unbranched alkanes of at least 4 members (excludes halogenated alkanes) is 12. The number of hydrogen-bond donors (Lipinski definition) is 3. The number of ether oxygens (including phenoxy) is 2. The molecule has 46 heavy (non-hydrogen) atoms. The summed E-state index contributed by atoms with van der Waals surface area (Å²) in [6.45, 7) is 6.16. The van der Waals surface area contributed by atoms with Crippen LogP contribution in [0.2, 0.25) is 0 Å². The molecule has 0 bridgehead atoms. The first-order valence-corrected chi connectivity index (χ1v) is 18.6. The summed E-state index contributed by atoms with van der Waals surface area (Å²) in [6.07, 6.45) is 31.0. The van der Waals surface area contributed by atoms with E-state index >= 15 is 0 Å². The summed E-state index contributed by atoms with van der Waals surface area (Å²) in [6, 6.07) is 0. The highest BCUT2D eigenvalue weighted by molar-refractivity contribution is 5.70. The largest absolute Gasteiger partial charge is 0.462 e. The first-order chi connectivity index (χ1) is 22.3. The molecule has 0 aromatic rings. The summed E-state index contributed by atoms with van der Waals surface area (Å²) < 4.78 is 10.4. The van der Waals surface area contributed by atoms with E-state index in [1.54, 1.807) is 0 Å². The van der Waals surface area contributed by atoms with Gasteiger partial charge in [-0.2, -0.15) is 0 Å². The first-order valence-electron chi connectivity index (χ1n) is 18.6. The molecule has 0 aliphatic rings. The van der Waals surface area contributed by atoms with Crippen LogP contribution in [0, 0.1) is 5.92 Å². The van der Waals surface area contributed by atoms with Crippen LogP contribution >= 0.6 is 0 Å². The molecule has 268 valence electrons. The number of esters is 2. The summed E-state index contributed by atoms with van der Waals surface area (Å²) in [5.74, 6) is -0.0687. The Balaban J connectivity index is 3.84. The van der Waals surface area contributed by atoms with E-state index in [9.17, 15) is 24.9 Å². The van der Waals surface area contributed by atoms with Gasteiger partial charge >= 0.3 is 11.9 Å². The van der Waals surface area contributed by atoms with Gasteiger partial charge in [-0.3, -0.25) is 9.59 Å². The summed E-state index contributed by atoms with van der Waals surface area (Å²) in [5, 5.41) is 29.9. The van der Waals surface area contributed by atoms with Crippen molar-refractivity contribution >= 4 is 11.9 Å². The molecule has 0 aliphatic heterocycles. The third kappa shape index (κ3) is 30.7. The van der Waals surface area contributed by atoms with E-state index in [4.69, 9.17) is 9.47 Å². The fraction of sp³-hybridized carbons (Fsp3) is 0.795. The molecular weight excluding hydrogens is 580 g/mol. The molecule has 0 radical (unpaired) electrons. The van der Waals surface area contributed by atoms with Gasteiger partial charge in [0, 0.05) is 12.8 Å². The number of aliphatic hydroxyl groups excluding tert-OH is 3. The van der Waals surface area contributed by atoms with Gasteiger partial charge in [0.05, 0.1) is 18.8 Å². The van der Waals surface area contributed by atoms with Crippen molar-refractivity contribution in [2.45, 2.75) is 180 Å². The molecule has 2 unspecified atom stereocenters. The first kappa shape index (κ1) is 44.0. The van der Waals surface area contributed by atoms with Crippen LogP contribution in [0.15, 0.2) is 36.5 Å². The fourth-order valence-corrected chi connectivity index (χ4v) is 5.08. The molecule has 0 aromatic heterocycles. The van der Waals surface area contributed by atoms with E-state index in [1.807, 2.05) is 12.2 Å². The summed E-state index contributed by atoms with van der Waals surface area (Å²) in [7, 11) is 0. The highest BCUT2D eigenvalue weighted by atomic mass is 16.6. The minimum atomic E-state index is -0.929. The molecule has 0 fully saturated rings. The predicted molar refractivity (Wildman–Crippen MR) is 189 cm³/mol. The van der Waals surface area contributed by atoms with Crippen LogP contribution in [0.5, 0.6) is 0 Å². The zero-order valence-electron chi connectivity index (χ0n) is 29.7. The monoisotopic (exact) mass is 651 g/mol. The zero-order chi connectivity index (χ0) is 34.1. The summed E-state index contributed by atoms with van der Waals surface area (Å²) in [5.41, 5.74) is 0. The maximum Gasteiger partial charge on any atom is 0.306 e. The van der Waals surface area contributed by atoms with Crippen molar-refractivity contribution in [3.63, 3.8) is 0 Å². The van der Waals surface area contributed by atoms with Gasteiger partial charge in [-0.15, -0.1) is 0 Å². The highest BCUT2D eigenvalue weighted by Crippen LogP contribution is 2.14. The van der Waals surface area contributed by atoms with Crippen molar-refractivity contribution in [2.24, 2.45) is 5.92 Å². The molecule has 0 spiro atoms. The Morgan fingerprint density at radius 3 is 1.80 bits per heavy atom. The van der Waals surface area contributed by atoms with Gasteiger partial charge in [-0.25, -0.2) is 0 Å². The van der Waals surface area contributed by atoms with Crippen LogP contribution in [0.1, 0.15) is 162 Å². The minimum Gasteiger partial charge on any atom is -0.462 e. The Morgan fingerprint density at radius 1 is 0.630 bits per heavy atom. The van der Waals surface area contributed by atoms with E-state index in [1.165, 1.54) is 70.6 Å². The van der Waals surface area contributed by atoms with Crippen LogP contribution in [0.25, 0.3) is 0 Å². The standard InChI is InChI=1S/C39H70O7/c1-4-5-6-7-8-9-10-11-15-18-21-24-28-36(41)37(42)29-26-31-38(43)45-33-35(32-40)46-39(44)30-25-22-19-16-13-12-14-17-20-23-27-34(2)3/h8-9,11,15,21,24,34-37,40-42H,4-7,10,12-14,16-20,22-23,25-33H2,1-3H3/b9-8-,15-11-,24-21-/t35-,36?,37?/m0/s1. The van der Waals surface area contributed by atoms with E-state index in [-0.39, 0.29) is 25.4 Å². The normalized spacial score (nSPS) is 14.1. The summed E-state index contributed by atoms with van der Waals surface area (Å²) in [4.78, 5) is 24.2. The number of allylic oxidation sites excluding steroid dienone is 5. The van der Waals surface area contributed by atoms with Crippen molar-refractivity contribution in [1.29, 1.82) is 0 Å². The van der Waals surface area contributed by atoms with Crippen LogP contribution < -0.4 is 0 Å². The molecule has 0 amide bonds. The summed E-state index contributed by atoms with van der Waals surface area (Å²) >= 11 is 0. The lowest BCUT2D eigenvalue weighted by Crippen LogP contribution is -2.28. The number of hydrogen-bond acceptors (Lipinski definition) is 7. The molecule has 0 rings (SSSR count). The lowest BCUT2D eigenvalue weighted by molar-refractivity contribution is -0.161. The molecule has 0 saturated heterocycles. The average Bonchev–Trinajstić information content (AvgIpc) is 3.03. The van der Waals surface area contributed by atoms with Gasteiger partial charge < -0.3 is 24.8 Å². The topological polar surface area (TPSA) is 113 Å². The van der Waals surface area contributed by atoms with Gasteiger partial charge in [-0.05, 0) is 57.3 Å². The van der Waals surface area contributed by atoms with Gasteiger partial charge in [0.25, 0.3) is 0 Å². The van der Waals surface area contributed by atoms with Crippen molar-refractivity contribution in [1.82, 2.24) is 0 Å². The second-order valence-corrected chi connectivity index (χ2v) is 13.1. The predicted octanol–water partition coefficient (Wildman–Crippen LogP) is 9.08. The van der Waals surface area contributed by atoms with E-state index in [0.717, 1.165) is 44.4 Å². The molecule has 3 atom stereocenters. The molecular formula is C39H70O7. The lowest BCUT2D eigenvalue weighted by Gasteiger charge is -2.17. The van der Waals surface area contributed by atoms with Crippen molar-refractivity contribution in [2.75, 3.05) is 13.2 Å². The Morgan fingerprint density at radius 2 is 1.20 bits per heavy atom. The third-order valence-corrected chi connectivity index (χ3v) is 8.07. The fourth-order valence-electron chi connectivity index (χ4n) is 5.08. The Bertz CT molecular complexity index is 789. The number of aliphatic hydroxyl groups is 3. The van der Waals surface area contributed by atoms with Gasteiger partial charge in [0.1, 0.15) is 6.61 Å². The molecule has 0 saturated carbocycles. The van der Waals surface area contributed by atoms with E-state index < -0.39 is 30.9 Å². The average molecular weight is 651 g/mol. The number of rotatable bonds is 32. The SMILES string of the molecule is CCCCC/C=C\C/C=C\C/C=C\CC(O)C(O)CCCC(=O)OC[C@H](CO)OC(=O)CCCCCCCCCCCCC(C)C. The Labute approximate surface area is 281 Å². The number of carbonyl (C=O) groups is 2. The van der Waals surface area contributed by atoms with Crippen LogP contribution in [0.3, 0.4) is 0 Å². The maximum atomic E-state index is 12.1. The molecule has 0 aromatic carbocycles. The molecule has 7 heteroatoms. The minimum absolute atomic E-state index is 0.0711. The van der Waals surface area contributed by atoms with Crippen molar-refractivity contribution < 1.29 is 34.4 Å². The van der Waals surface area contributed by atoms with Gasteiger partial charge in [0.15, 0.2) is 6.10 Å². The van der Waals surface area contributed by atoms with Crippen LogP contribution in [-0.2, 0) is 19.1 Å². The third-order valence-electron chi connectivity index (χ3n) is 8.07. The molecule has 3 N–H and O–H groups in total.